The van der Waals surface area contributed by atoms with E-state index in [0.29, 0.717) is 12.2 Å². The van der Waals surface area contributed by atoms with Crippen LogP contribution < -0.4 is 5.32 Å². The zero-order chi connectivity index (χ0) is 16.8. The van der Waals surface area contributed by atoms with Crippen LogP contribution in [0.15, 0.2) is 22.8 Å². The first kappa shape index (κ1) is 15.7. The minimum Gasteiger partial charge on any atom is -0.468 e. The topological polar surface area (TPSA) is 88.8 Å². The molecule has 0 bridgehead atoms. The minimum absolute atomic E-state index is 0.211. The molecule has 2 fully saturated rings. The van der Waals surface area contributed by atoms with Crippen LogP contribution >= 0.6 is 0 Å². The molecule has 0 unspecified atom stereocenters. The molecule has 2 saturated heterocycles. The Morgan fingerprint density at radius 3 is 2.70 bits per heavy atom. The molecule has 1 aromatic heterocycles. The van der Waals surface area contributed by atoms with Gasteiger partial charge in [0.25, 0.3) is 0 Å². The Morgan fingerprint density at radius 2 is 2.13 bits per heavy atom. The number of nitrogens with one attached hydrogen (secondary N) is 1. The summed E-state index contributed by atoms with van der Waals surface area (Å²) in [5.41, 5.74) is -1.21. The molecule has 7 heteroatoms. The molecule has 0 aliphatic carbocycles. The lowest BCUT2D eigenvalue weighted by atomic mass is 9.78. The third-order valence-electron chi connectivity index (χ3n) is 4.92. The van der Waals surface area contributed by atoms with Gasteiger partial charge in [0.2, 0.25) is 11.8 Å². The number of likely N-dealkylation sites (tertiary alicyclic amines) is 1. The van der Waals surface area contributed by atoms with Crippen molar-refractivity contribution < 1.29 is 23.5 Å². The van der Waals surface area contributed by atoms with Gasteiger partial charge in [-0.1, -0.05) is 6.92 Å². The summed E-state index contributed by atoms with van der Waals surface area (Å²) in [6.45, 7) is 3.73. The third kappa shape index (κ3) is 2.03. The van der Waals surface area contributed by atoms with E-state index in [1.54, 1.807) is 19.1 Å². The van der Waals surface area contributed by atoms with Gasteiger partial charge in [0, 0.05) is 7.05 Å². The molecule has 4 atom stereocenters. The van der Waals surface area contributed by atoms with Gasteiger partial charge < -0.3 is 9.15 Å². The molecule has 3 rings (SSSR count). The summed E-state index contributed by atoms with van der Waals surface area (Å²) in [5.74, 6) is -2.05. The number of amides is 2. The highest BCUT2D eigenvalue weighted by Crippen LogP contribution is 2.50. The van der Waals surface area contributed by atoms with E-state index < -0.39 is 29.4 Å². The molecule has 23 heavy (non-hydrogen) atoms. The smallest absolute Gasteiger partial charge is 0.327 e. The maximum absolute atomic E-state index is 12.6. The summed E-state index contributed by atoms with van der Waals surface area (Å²) in [5, 5.41) is 3.19. The predicted octanol–water partition coefficient (Wildman–Crippen LogP) is 0.867. The van der Waals surface area contributed by atoms with E-state index in [2.05, 4.69) is 5.32 Å². The average Bonchev–Trinajstić information content (AvgIpc) is 3.22. The summed E-state index contributed by atoms with van der Waals surface area (Å²) < 4.78 is 10.6. The van der Waals surface area contributed by atoms with Gasteiger partial charge in [-0.15, -0.1) is 0 Å². The summed E-state index contributed by atoms with van der Waals surface area (Å²) in [6, 6.07) is 2.93. The molecule has 124 valence electrons. The molecule has 0 spiro atoms. The fourth-order valence-electron chi connectivity index (χ4n) is 3.77. The van der Waals surface area contributed by atoms with Gasteiger partial charge in [-0.05, 0) is 25.5 Å². The molecule has 1 N–H and O–H groups in total. The maximum Gasteiger partial charge on any atom is 0.327 e. The Balaban J connectivity index is 2.10. The fraction of sp³-hybridized carbons (Fsp3) is 0.562. The van der Waals surface area contributed by atoms with Crippen molar-refractivity contribution in [2.45, 2.75) is 31.8 Å². The van der Waals surface area contributed by atoms with Crippen molar-refractivity contribution in [3.05, 3.63) is 24.2 Å². The number of furan rings is 1. The Hall–Kier alpha value is -2.15. The molecule has 7 nitrogen and oxygen atoms in total. The van der Waals surface area contributed by atoms with Crippen LogP contribution in [0.5, 0.6) is 0 Å². The van der Waals surface area contributed by atoms with E-state index in [9.17, 15) is 14.4 Å². The Bertz CT molecular complexity index is 641. The first-order valence-corrected chi connectivity index (χ1v) is 7.77. The highest BCUT2D eigenvalue weighted by Gasteiger charge is 2.68. The van der Waals surface area contributed by atoms with Crippen molar-refractivity contribution in [3.8, 4) is 0 Å². The minimum atomic E-state index is -1.21. The number of imide groups is 1. The molecular weight excluding hydrogens is 300 g/mol. The Morgan fingerprint density at radius 1 is 1.39 bits per heavy atom. The van der Waals surface area contributed by atoms with E-state index >= 15 is 0 Å². The molecule has 2 aliphatic heterocycles. The van der Waals surface area contributed by atoms with Gasteiger partial charge in [-0.25, -0.2) is 0 Å². The third-order valence-corrected chi connectivity index (χ3v) is 4.92. The number of esters is 1. The van der Waals surface area contributed by atoms with Crippen LogP contribution in [0.25, 0.3) is 0 Å². The van der Waals surface area contributed by atoms with Crippen LogP contribution in [0, 0.1) is 11.8 Å². The van der Waals surface area contributed by atoms with Crippen LogP contribution in [0.2, 0.25) is 0 Å². The van der Waals surface area contributed by atoms with E-state index in [4.69, 9.17) is 9.15 Å². The van der Waals surface area contributed by atoms with Crippen LogP contribution in [0.4, 0.5) is 0 Å². The number of fused-ring (bicyclic) bond motifs is 1. The van der Waals surface area contributed by atoms with Gasteiger partial charge in [0.1, 0.15) is 11.3 Å². The quantitative estimate of drug-likeness (QED) is 0.654. The molecule has 2 aliphatic rings. The van der Waals surface area contributed by atoms with E-state index in [0.717, 1.165) is 4.90 Å². The van der Waals surface area contributed by atoms with Crippen molar-refractivity contribution >= 4 is 17.8 Å². The number of nitrogens with zero attached hydrogens (tertiary/aromatic N) is 1. The molecule has 3 heterocycles. The van der Waals surface area contributed by atoms with Crippen molar-refractivity contribution in [2.24, 2.45) is 11.8 Å². The molecule has 0 radical (unpaired) electrons. The van der Waals surface area contributed by atoms with Crippen molar-refractivity contribution in [3.63, 3.8) is 0 Å². The molecule has 2 amide bonds. The summed E-state index contributed by atoms with van der Waals surface area (Å²) >= 11 is 0. The van der Waals surface area contributed by atoms with Crippen LogP contribution in [0.3, 0.4) is 0 Å². The highest BCUT2D eigenvalue weighted by atomic mass is 16.5. The zero-order valence-corrected chi connectivity index (χ0v) is 13.4. The summed E-state index contributed by atoms with van der Waals surface area (Å²) in [6.07, 6.45) is 1.85. The SMILES string of the molecule is CCOC(=O)[C@@]1(CC)N[C@@H](c2ccco2)[C@H]2C(=O)N(C)C(=O)[C@@H]21. The van der Waals surface area contributed by atoms with E-state index in [1.807, 2.05) is 6.92 Å². The van der Waals surface area contributed by atoms with Crippen molar-refractivity contribution in [1.82, 2.24) is 10.2 Å². The van der Waals surface area contributed by atoms with Crippen LogP contribution in [0.1, 0.15) is 32.1 Å². The largest absolute Gasteiger partial charge is 0.468 e. The van der Waals surface area contributed by atoms with Gasteiger partial charge >= 0.3 is 5.97 Å². The molecular formula is C16H20N2O5. The number of hydrogen-bond donors (Lipinski definition) is 1. The number of hydrogen-bond acceptors (Lipinski definition) is 6. The second-order valence-electron chi connectivity index (χ2n) is 5.92. The average molecular weight is 320 g/mol. The second kappa shape index (κ2) is 5.49. The normalized spacial score (nSPS) is 33.2. The predicted molar refractivity (Wildman–Crippen MR) is 79.0 cm³/mol. The maximum atomic E-state index is 12.6. The van der Waals surface area contributed by atoms with Gasteiger partial charge in [-0.3, -0.25) is 24.6 Å². The van der Waals surface area contributed by atoms with Crippen LogP contribution in [-0.4, -0.2) is 41.9 Å². The van der Waals surface area contributed by atoms with Gasteiger partial charge in [0.05, 0.1) is 30.7 Å². The van der Waals surface area contributed by atoms with E-state index in [-0.39, 0.29) is 18.4 Å². The lowest BCUT2D eigenvalue weighted by Crippen LogP contribution is -2.55. The van der Waals surface area contributed by atoms with E-state index in [1.165, 1.54) is 13.3 Å². The molecule has 1 aromatic rings. The molecule has 0 saturated carbocycles. The molecule has 0 aromatic carbocycles. The lowest BCUT2D eigenvalue weighted by Gasteiger charge is -2.31. The second-order valence-corrected chi connectivity index (χ2v) is 5.92. The fourth-order valence-corrected chi connectivity index (χ4v) is 3.77. The highest BCUT2D eigenvalue weighted by molar-refractivity contribution is 6.09. The van der Waals surface area contributed by atoms with Crippen LogP contribution in [-0.2, 0) is 19.1 Å². The van der Waals surface area contributed by atoms with Gasteiger partial charge in [0.15, 0.2) is 0 Å². The van der Waals surface area contributed by atoms with Gasteiger partial charge in [-0.2, -0.15) is 0 Å². The standard InChI is InChI=1S/C16H20N2O5/c1-4-16(15(21)22-5-2)11-10(13(19)18(3)14(11)20)12(17-16)9-7-6-8-23-9/h6-8,10-12,17H,4-5H2,1-3H3/t10-,11+,12-,16-/m0/s1. The van der Waals surface area contributed by atoms with Crippen molar-refractivity contribution in [1.29, 1.82) is 0 Å². The number of rotatable bonds is 4. The van der Waals surface area contributed by atoms with Crippen molar-refractivity contribution in [2.75, 3.05) is 13.7 Å². The Kier molecular flexibility index (Phi) is 3.75. The lowest BCUT2D eigenvalue weighted by molar-refractivity contribution is -0.156. The zero-order valence-electron chi connectivity index (χ0n) is 13.4. The number of carbonyl (C=O) groups is 3. The number of ether oxygens (including phenoxy) is 1. The summed E-state index contributed by atoms with van der Waals surface area (Å²) in [7, 11) is 1.45. The monoisotopic (exact) mass is 320 g/mol. The first-order chi connectivity index (χ1) is 11.0. The first-order valence-electron chi connectivity index (χ1n) is 7.77. The Labute approximate surface area is 134 Å². The summed E-state index contributed by atoms with van der Waals surface area (Å²) in [4.78, 5) is 38.9. The number of carbonyl (C=O) groups excluding carboxylic acids is 3.